The van der Waals surface area contributed by atoms with E-state index in [0.29, 0.717) is 51.6 Å². The lowest BCUT2D eigenvalue weighted by molar-refractivity contribution is -0.157. The summed E-state index contributed by atoms with van der Waals surface area (Å²) in [5, 5.41) is 10.5. The first kappa shape index (κ1) is 82.2. The lowest BCUT2D eigenvalue weighted by Crippen LogP contribution is -2.65. The van der Waals surface area contributed by atoms with Crippen molar-refractivity contribution in [1.29, 1.82) is 0 Å². The van der Waals surface area contributed by atoms with E-state index in [2.05, 4.69) is 21.3 Å². The maximum absolute atomic E-state index is 15.5. The van der Waals surface area contributed by atoms with Gasteiger partial charge in [0.05, 0.1) is 29.1 Å². The highest BCUT2D eigenvalue weighted by Gasteiger charge is 2.52. The Kier molecular flexibility index (Phi) is 27.7. The molecule has 1 spiro atoms. The van der Waals surface area contributed by atoms with Crippen LogP contribution in [-0.2, 0) is 82.7 Å². The van der Waals surface area contributed by atoms with E-state index in [-0.39, 0.29) is 81.5 Å². The number of carbonyl (C=O) groups excluding carboxylic acids is 12. The highest BCUT2D eigenvalue weighted by Crippen LogP contribution is 2.38. The molecular formula is C72H101ClF6N12O12. The zero-order chi connectivity index (χ0) is 76.5. The minimum absolute atomic E-state index is 0.00266. The number of rotatable bonds is 12. The van der Waals surface area contributed by atoms with Gasteiger partial charge in [-0.05, 0) is 124 Å². The zero-order valence-electron chi connectivity index (χ0n) is 60.9. The molecule has 2 aromatic rings. The summed E-state index contributed by atoms with van der Waals surface area (Å²) in [5.41, 5.74) is -3.40. The van der Waals surface area contributed by atoms with Gasteiger partial charge in [0.25, 0.3) is 0 Å². The number of aryl methyl sites for hydroxylation is 1. The fourth-order valence-electron chi connectivity index (χ4n) is 14.5. The topological polar surface area (TPSA) is 279 Å². The van der Waals surface area contributed by atoms with Gasteiger partial charge in [0.1, 0.15) is 59.9 Å². The van der Waals surface area contributed by atoms with Crippen molar-refractivity contribution >= 4 is 82.5 Å². The summed E-state index contributed by atoms with van der Waals surface area (Å²) in [6.07, 6.45) is -7.50. The van der Waals surface area contributed by atoms with Crippen molar-refractivity contribution in [3.63, 3.8) is 0 Å². The van der Waals surface area contributed by atoms with Crippen LogP contribution in [0.2, 0.25) is 5.02 Å². The van der Waals surface area contributed by atoms with E-state index < -0.39 is 191 Å². The molecule has 2 aromatic carbocycles. The van der Waals surface area contributed by atoms with Gasteiger partial charge in [0.2, 0.25) is 70.9 Å². The van der Waals surface area contributed by atoms with Gasteiger partial charge in [-0.1, -0.05) is 97.0 Å². The van der Waals surface area contributed by atoms with Crippen LogP contribution in [0.1, 0.15) is 161 Å². The largest absolute Gasteiger partial charge is 0.417 e. The number of nitrogens with one attached hydrogen (secondary N) is 4. The first-order chi connectivity index (χ1) is 48.3. The number of carbonyl (C=O) groups is 12. The molecule has 5 fully saturated rings. The van der Waals surface area contributed by atoms with Crippen molar-refractivity contribution in [2.24, 2.45) is 17.8 Å². The lowest BCUT2D eigenvalue weighted by atomic mass is 9.90. The predicted molar refractivity (Wildman–Crippen MR) is 368 cm³/mol. The Bertz CT molecular complexity index is 3460. The summed E-state index contributed by atoms with van der Waals surface area (Å²) in [6, 6.07) is -5.49. The molecule has 103 heavy (non-hydrogen) atoms. The van der Waals surface area contributed by atoms with Crippen LogP contribution in [0.25, 0.3) is 0 Å². The summed E-state index contributed by atoms with van der Waals surface area (Å²) >= 11 is 6.12. The first-order valence-electron chi connectivity index (χ1n) is 35.7. The zero-order valence-corrected chi connectivity index (χ0v) is 61.7. The second-order valence-corrected chi connectivity index (χ2v) is 29.4. The number of likely N-dealkylation sites (N-methyl/N-ethyl adjacent to an activating group) is 5. The average Bonchev–Trinajstić information content (AvgIpc) is 1.55. The Morgan fingerprint density at radius 3 is 1.79 bits per heavy atom. The maximum atomic E-state index is 15.5. The molecule has 0 bridgehead atoms. The first-order valence-corrected chi connectivity index (χ1v) is 36.1. The molecule has 570 valence electrons. The van der Waals surface area contributed by atoms with E-state index in [1.165, 1.54) is 66.7 Å². The number of alkyl halides is 6. The van der Waals surface area contributed by atoms with Crippen LogP contribution in [0.4, 0.5) is 26.3 Å². The Morgan fingerprint density at radius 1 is 0.612 bits per heavy atom. The van der Waals surface area contributed by atoms with Crippen LogP contribution in [0, 0.1) is 17.8 Å². The number of likely N-dealkylation sites (tertiary alicyclic amines) is 1. The molecule has 12 amide bonds. The second-order valence-electron chi connectivity index (χ2n) is 29.0. The Balaban J connectivity index is 1.30. The molecule has 0 radical (unpaired) electrons. The molecule has 24 nitrogen and oxygen atoms in total. The molecule has 4 heterocycles. The van der Waals surface area contributed by atoms with Crippen molar-refractivity contribution in [3.05, 3.63) is 69.7 Å². The molecule has 7 rings (SSSR count). The van der Waals surface area contributed by atoms with Gasteiger partial charge in [0.15, 0.2) is 0 Å². The van der Waals surface area contributed by atoms with Gasteiger partial charge in [-0.3, -0.25) is 57.5 Å². The minimum atomic E-state index is -4.81. The number of amides is 12. The predicted octanol–water partition coefficient (Wildman–Crippen LogP) is 5.98. The second kappa shape index (κ2) is 34.7. The third-order valence-electron chi connectivity index (χ3n) is 21.4. The average molecular weight is 1480 g/mol. The number of halogens is 7. The molecule has 4 aliphatic heterocycles. The van der Waals surface area contributed by atoms with E-state index in [1.54, 1.807) is 25.7 Å². The normalized spacial score (nSPS) is 26.4. The lowest BCUT2D eigenvalue weighted by Gasteiger charge is -2.44. The third-order valence-corrected chi connectivity index (χ3v) is 21.7. The highest BCUT2D eigenvalue weighted by atomic mass is 35.5. The van der Waals surface area contributed by atoms with E-state index in [9.17, 15) is 64.7 Å². The summed E-state index contributed by atoms with van der Waals surface area (Å²) in [5.74, 6) is -10.5. The smallest absolute Gasteiger partial charge is 0.343 e. The van der Waals surface area contributed by atoms with Crippen molar-refractivity contribution < 1.29 is 83.9 Å². The van der Waals surface area contributed by atoms with Gasteiger partial charge in [-0.2, -0.15) is 26.3 Å². The van der Waals surface area contributed by atoms with Crippen LogP contribution < -0.4 is 21.3 Å². The summed E-state index contributed by atoms with van der Waals surface area (Å²) in [4.78, 5) is 188. The summed E-state index contributed by atoms with van der Waals surface area (Å²) in [7, 11) is 6.63. The maximum Gasteiger partial charge on any atom is 0.417 e. The van der Waals surface area contributed by atoms with Gasteiger partial charge in [-0.25, -0.2) is 0 Å². The number of fused-ring (bicyclic) bond motifs is 2. The van der Waals surface area contributed by atoms with Crippen LogP contribution >= 0.6 is 11.6 Å². The molecule has 31 heteroatoms. The van der Waals surface area contributed by atoms with Crippen LogP contribution in [0.15, 0.2) is 42.5 Å². The van der Waals surface area contributed by atoms with Crippen LogP contribution in [0.3, 0.4) is 0 Å². The highest BCUT2D eigenvalue weighted by molar-refractivity contribution is 6.31. The van der Waals surface area contributed by atoms with Crippen molar-refractivity contribution in [1.82, 2.24) is 60.5 Å². The van der Waals surface area contributed by atoms with Crippen LogP contribution in [-0.4, -0.2) is 238 Å². The van der Waals surface area contributed by atoms with Crippen molar-refractivity contribution in [3.8, 4) is 0 Å². The third kappa shape index (κ3) is 19.5. The van der Waals surface area contributed by atoms with E-state index >= 15 is 19.2 Å². The SMILES string of the molecule is CC[C@H](C)[C@@H]1NC(=O)[C@H](CC(C)C)N(C)C(=O)C[C@@H](C(=O)N2CCCC2)N(C)C(=O)[C@H]([C@@H](C)CC)N(C)C(=O)C2(CCCC2)NC(=O)[C@@H]2CCCN2C(=O)[C@H](CCc2ccc(C(F)(F)F)c(Cl)c2)NC(=O)CN(C)C(=O)[C@H](Cc2ccc(C(F)(F)F)cc2)N(C)C(=O)[C@@H]2CCN2C(=O)[C@H](C)NC1=O. The molecular weight excluding hydrogens is 1370 g/mol. The molecule has 4 saturated heterocycles. The van der Waals surface area contributed by atoms with E-state index in [0.717, 1.165) is 52.3 Å². The van der Waals surface area contributed by atoms with Crippen LogP contribution in [0.5, 0.6) is 0 Å². The number of hydrogen-bond donors (Lipinski definition) is 4. The van der Waals surface area contributed by atoms with E-state index in [4.69, 9.17) is 11.6 Å². The number of hydrogen-bond acceptors (Lipinski definition) is 12. The molecule has 1 aliphatic carbocycles. The Labute approximate surface area is 603 Å². The molecule has 4 N–H and O–H groups in total. The van der Waals surface area contributed by atoms with Gasteiger partial charge in [0, 0.05) is 67.8 Å². The Morgan fingerprint density at radius 2 is 1.22 bits per heavy atom. The molecule has 11 atom stereocenters. The fraction of sp³-hybridized carbons (Fsp3) is 0.667. The van der Waals surface area contributed by atoms with Crippen molar-refractivity contribution in [2.75, 3.05) is 68.0 Å². The monoisotopic (exact) mass is 1470 g/mol. The minimum Gasteiger partial charge on any atom is -0.343 e. The van der Waals surface area contributed by atoms with Gasteiger partial charge < -0.3 is 60.5 Å². The fourth-order valence-corrected chi connectivity index (χ4v) is 14.9. The molecule has 1 saturated carbocycles. The Hall–Kier alpha value is -8.05. The molecule has 5 aliphatic rings. The number of nitrogens with zero attached hydrogens (tertiary/aromatic N) is 8. The molecule has 0 aromatic heterocycles. The van der Waals surface area contributed by atoms with Gasteiger partial charge >= 0.3 is 12.4 Å². The quantitative estimate of drug-likeness (QED) is 0.179. The van der Waals surface area contributed by atoms with Crippen molar-refractivity contribution in [2.45, 2.75) is 223 Å². The standard InChI is InChI=1S/C72H101ClF6N12O12/c1-13-42(5)58-62(96)80-44(7)63(97)91-35-29-52(91)66(100)86(10)54(38-46-21-25-47(26-22-46)71(74,75)76)65(99)84(8)40-56(92)81-50(28-24-45-23-27-48(49(73)37-45)72(77,78)79)64(98)90-34-19-20-51(90)61(95)83-70(30-15-16-31-70)69(103)88(12)59(43(6)14-2)68(102)87(11)55(67(101)89-32-17-18-33-89)39-57(93)85(9)53(36-41(3)4)60(94)82-58/h21-23,25-27,37,41-44,50-55,58-59H,13-20,24,28-36,38-40H2,1-12H3,(H,80,96)(H,81,92)(H,82,94)(H,83,95)/t42-,43-,44-,50-,51-,52-,53-,54-,55-,58-,59-/m0/s1. The summed E-state index contributed by atoms with van der Waals surface area (Å²) in [6.45, 7) is 11.8. The van der Waals surface area contributed by atoms with Gasteiger partial charge in [-0.15, -0.1) is 0 Å². The molecule has 0 unspecified atom stereocenters. The number of benzene rings is 2. The summed E-state index contributed by atoms with van der Waals surface area (Å²) < 4.78 is 83.1. The van der Waals surface area contributed by atoms with E-state index in [1.807, 2.05) is 20.8 Å².